The van der Waals surface area contributed by atoms with Crippen LogP contribution in [0.5, 0.6) is 0 Å². The normalized spacial score (nSPS) is 24.2. The van der Waals surface area contributed by atoms with Crippen LogP contribution in [0.2, 0.25) is 0 Å². The Morgan fingerprint density at radius 3 is 2.94 bits per heavy atom. The second kappa shape index (κ2) is 2.78. The Morgan fingerprint density at radius 1 is 1.25 bits per heavy atom. The van der Waals surface area contributed by atoms with Gasteiger partial charge in [0.15, 0.2) is 5.96 Å². The topological polar surface area (TPSA) is 27.6 Å². The summed E-state index contributed by atoms with van der Waals surface area (Å²) in [6, 6.07) is 8.64. The number of hydrogen-bond donors (Lipinski definition) is 1. The molecular weight excluding hydrogens is 198 g/mol. The fourth-order valence-corrected chi connectivity index (χ4v) is 2.98. The average Bonchev–Trinajstić information content (AvgIpc) is 2.68. The van der Waals surface area contributed by atoms with Gasteiger partial charge >= 0.3 is 0 Å². The first kappa shape index (κ1) is 8.62. The fourth-order valence-electron chi connectivity index (χ4n) is 2.98. The summed E-state index contributed by atoms with van der Waals surface area (Å²) in [5.74, 6) is 1.10. The van der Waals surface area contributed by atoms with Gasteiger partial charge in [0.2, 0.25) is 0 Å². The molecule has 0 radical (unpaired) electrons. The van der Waals surface area contributed by atoms with Crippen LogP contribution in [0, 0.1) is 0 Å². The number of nitrogens with zero attached hydrogens (tertiary/aromatic N) is 2. The number of aliphatic imine (C=N–C) groups is 1. The van der Waals surface area contributed by atoms with Crippen LogP contribution in [-0.2, 0) is 6.54 Å². The Kier molecular flexibility index (Phi) is 1.50. The molecule has 16 heavy (non-hydrogen) atoms. The van der Waals surface area contributed by atoms with Gasteiger partial charge in [-0.2, -0.15) is 0 Å². The molecule has 0 bridgehead atoms. The number of benzene rings is 1. The van der Waals surface area contributed by atoms with Crippen molar-refractivity contribution >= 4 is 11.6 Å². The standard InChI is InChI=1S/C13H15N3/c1-2-5-11-10(4-1)8-14-12-15-13(6-3-7-13)9-16(11)12/h1-2,4-5H,3,6-9H2,(H,14,15). The van der Waals surface area contributed by atoms with E-state index in [2.05, 4.69) is 34.5 Å². The predicted molar refractivity (Wildman–Crippen MR) is 64.6 cm³/mol. The van der Waals surface area contributed by atoms with Crippen LogP contribution in [-0.4, -0.2) is 18.0 Å². The molecule has 0 unspecified atom stereocenters. The molecular formula is C13H15N3. The molecule has 3 nitrogen and oxygen atoms in total. The molecule has 3 aliphatic rings. The quantitative estimate of drug-likeness (QED) is 0.712. The van der Waals surface area contributed by atoms with E-state index in [4.69, 9.17) is 4.99 Å². The van der Waals surface area contributed by atoms with Crippen molar-refractivity contribution in [3.8, 4) is 0 Å². The average molecular weight is 213 g/mol. The molecule has 1 spiro atoms. The summed E-state index contributed by atoms with van der Waals surface area (Å²) in [4.78, 5) is 7.24. The van der Waals surface area contributed by atoms with Gasteiger partial charge in [0, 0.05) is 12.2 Å². The molecule has 1 N–H and O–H groups in total. The Morgan fingerprint density at radius 2 is 2.12 bits per heavy atom. The van der Waals surface area contributed by atoms with Crippen molar-refractivity contribution in [2.24, 2.45) is 4.99 Å². The van der Waals surface area contributed by atoms with Gasteiger partial charge in [-0.15, -0.1) is 0 Å². The first-order valence-corrected chi connectivity index (χ1v) is 6.06. The van der Waals surface area contributed by atoms with Gasteiger partial charge in [-0.1, -0.05) is 18.2 Å². The lowest BCUT2D eigenvalue weighted by Crippen LogP contribution is -2.45. The van der Waals surface area contributed by atoms with Crippen molar-refractivity contribution in [1.82, 2.24) is 5.32 Å². The molecule has 0 saturated heterocycles. The summed E-state index contributed by atoms with van der Waals surface area (Å²) in [6.45, 7) is 1.99. The highest BCUT2D eigenvalue weighted by Crippen LogP contribution is 2.42. The van der Waals surface area contributed by atoms with Crippen LogP contribution in [0.1, 0.15) is 24.8 Å². The third-order valence-corrected chi connectivity index (χ3v) is 4.05. The van der Waals surface area contributed by atoms with Crippen LogP contribution in [0.3, 0.4) is 0 Å². The van der Waals surface area contributed by atoms with Crippen LogP contribution in [0.15, 0.2) is 29.3 Å². The van der Waals surface area contributed by atoms with Crippen LogP contribution in [0.4, 0.5) is 5.69 Å². The van der Waals surface area contributed by atoms with Crippen molar-refractivity contribution in [3.63, 3.8) is 0 Å². The lowest BCUT2D eigenvalue weighted by Gasteiger charge is -2.36. The highest BCUT2D eigenvalue weighted by Gasteiger charge is 2.45. The van der Waals surface area contributed by atoms with Gasteiger partial charge in [0.1, 0.15) is 0 Å². The largest absolute Gasteiger partial charge is 0.352 e. The van der Waals surface area contributed by atoms with Crippen LogP contribution in [0.25, 0.3) is 0 Å². The number of nitrogens with one attached hydrogen (secondary N) is 1. The number of guanidine groups is 1. The molecule has 0 aromatic heterocycles. The van der Waals surface area contributed by atoms with Crippen LogP contribution >= 0.6 is 0 Å². The van der Waals surface area contributed by atoms with Crippen molar-refractivity contribution in [2.45, 2.75) is 31.3 Å². The third-order valence-electron chi connectivity index (χ3n) is 4.05. The lowest BCUT2D eigenvalue weighted by atomic mass is 9.78. The number of rotatable bonds is 0. The molecule has 2 heterocycles. The smallest absolute Gasteiger partial charge is 0.199 e. The highest BCUT2D eigenvalue weighted by molar-refractivity contribution is 6.00. The van der Waals surface area contributed by atoms with Gasteiger partial charge in [-0.25, -0.2) is 4.99 Å². The molecule has 82 valence electrons. The first-order valence-electron chi connectivity index (χ1n) is 6.06. The number of para-hydroxylation sites is 1. The Hall–Kier alpha value is -1.51. The van der Waals surface area contributed by atoms with Crippen molar-refractivity contribution in [1.29, 1.82) is 0 Å². The second-order valence-corrected chi connectivity index (χ2v) is 5.08. The summed E-state index contributed by atoms with van der Waals surface area (Å²) in [5, 5.41) is 3.44. The monoisotopic (exact) mass is 213 g/mol. The zero-order valence-corrected chi connectivity index (χ0v) is 9.24. The summed E-state index contributed by atoms with van der Waals surface area (Å²) >= 11 is 0. The van der Waals surface area contributed by atoms with Crippen molar-refractivity contribution in [2.75, 3.05) is 11.4 Å². The third kappa shape index (κ3) is 1.01. The van der Waals surface area contributed by atoms with Gasteiger partial charge in [0.25, 0.3) is 0 Å². The van der Waals surface area contributed by atoms with E-state index in [1.807, 2.05) is 0 Å². The Balaban J connectivity index is 1.78. The molecule has 1 aromatic carbocycles. The van der Waals surface area contributed by atoms with E-state index >= 15 is 0 Å². The van der Waals surface area contributed by atoms with E-state index in [-0.39, 0.29) is 5.54 Å². The molecule has 0 amide bonds. The molecule has 2 aliphatic heterocycles. The van der Waals surface area contributed by atoms with Gasteiger partial charge in [-0.3, -0.25) is 0 Å². The van der Waals surface area contributed by atoms with E-state index in [9.17, 15) is 0 Å². The molecule has 3 heteroatoms. The number of anilines is 1. The minimum atomic E-state index is 0.250. The maximum absolute atomic E-state index is 4.88. The first-order chi connectivity index (χ1) is 7.86. The second-order valence-electron chi connectivity index (χ2n) is 5.08. The number of hydrogen-bond acceptors (Lipinski definition) is 3. The molecule has 4 rings (SSSR count). The maximum Gasteiger partial charge on any atom is 0.199 e. The lowest BCUT2D eigenvalue weighted by molar-refractivity contribution is 0.274. The van der Waals surface area contributed by atoms with Gasteiger partial charge < -0.3 is 10.2 Å². The van der Waals surface area contributed by atoms with Gasteiger partial charge in [-0.05, 0) is 30.9 Å². The van der Waals surface area contributed by atoms with Gasteiger partial charge in [0.05, 0.1) is 12.1 Å². The Labute approximate surface area is 95.2 Å². The predicted octanol–water partition coefficient (Wildman–Crippen LogP) is 1.89. The zero-order valence-electron chi connectivity index (χ0n) is 9.24. The summed E-state index contributed by atoms with van der Waals surface area (Å²) < 4.78 is 0. The molecule has 1 aliphatic carbocycles. The van der Waals surface area contributed by atoms with Crippen LogP contribution < -0.4 is 10.2 Å². The molecule has 1 aromatic rings. The molecule has 1 fully saturated rings. The van der Waals surface area contributed by atoms with E-state index in [0.29, 0.717) is 0 Å². The fraction of sp³-hybridized carbons (Fsp3) is 0.462. The van der Waals surface area contributed by atoms with Crippen molar-refractivity contribution < 1.29 is 0 Å². The zero-order chi connectivity index (χ0) is 10.6. The van der Waals surface area contributed by atoms with E-state index in [1.54, 1.807) is 0 Å². The summed E-state index contributed by atoms with van der Waals surface area (Å²) in [6.07, 6.45) is 3.86. The SMILES string of the molecule is c1ccc2c(c1)CNC1=NC3(CCC3)CN12. The highest BCUT2D eigenvalue weighted by atomic mass is 15.4. The molecule has 0 atom stereocenters. The minimum Gasteiger partial charge on any atom is -0.352 e. The van der Waals surface area contributed by atoms with E-state index in [1.165, 1.54) is 30.5 Å². The maximum atomic E-state index is 4.88. The molecule has 1 saturated carbocycles. The summed E-state index contributed by atoms with van der Waals surface area (Å²) in [7, 11) is 0. The Bertz CT molecular complexity index is 474. The van der Waals surface area contributed by atoms with Crippen molar-refractivity contribution in [3.05, 3.63) is 29.8 Å². The van der Waals surface area contributed by atoms with E-state index in [0.717, 1.165) is 19.0 Å². The minimum absolute atomic E-state index is 0.250. The summed E-state index contributed by atoms with van der Waals surface area (Å²) in [5.41, 5.74) is 2.99. The van der Waals surface area contributed by atoms with E-state index < -0.39 is 0 Å². The number of fused-ring (bicyclic) bond motifs is 3.